The molecule has 8 N–H and O–H groups in total. The molecule has 0 rings (SSSR count). The lowest BCUT2D eigenvalue weighted by atomic mass is 10.1. The van der Waals surface area contributed by atoms with Crippen molar-refractivity contribution in [3.8, 4) is 0 Å². The largest absolute Gasteiger partial charge is 0.444 e. The van der Waals surface area contributed by atoms with Crippen LogP contribution < -0.4 is 27.8 Å². The number of ether oxygens (including phenoxy) is 1. The van der Waals surface area contributed by atoms with Crippen LogP contribution >= 0.6 is 0 Å². The van der Waals surface area contributed by atoms with Crippen LogP contribution in [0.5, 0.6) is 0 Å². The molecule has 0 aliphatic rings. The molecule has 8 nitrogen and oxygen atoms in total. The van der Waals surface area contributed by atoms with Crippen LogP contribution in [0.1, 0.15) is 40.0 Å². The van der Waals surface area contributed by atoms with Gasteiger partial charge in [-0.05, 0) is 33.6 Å². The molecule has 0 radical (unpaired) electrons. The van der Waals surface area contributed by atoms with Crippen LogP contribution in [0.4, 0.5) is 4.79 Å². The third kappa shape index (κ3) is 16.3. The summed E-state index contributed by atoms with van der Waals surface area (Å²) in [5.74, 6) is 0. The average Bonchev–Trinajstić information content (AvgIpc) is 2.49. The van der Waals surface area contributed by atoms with Crippen molar-refractivity contribution in [1.29, 1.82) is 0 Å². The van der Waals surface area contributed by atoms with Crippen LogP contribution in [-0.4, -0.2) is 75.0 Å². The van der Waals surface area contributed by atoms with Gasteiger partial charge in [0.05, 0.1) is 0 Å². The number of hydrogen-bond donors (Lipinski definition) is 5. The first-order valence-corrected chi connectivity index (χ1v) is 9.34. The normalized spacial score (nSPS) is 13.1. The number of carbonyl (C=O) groups is 1. The van der Waals surface area contributed by atoms with Crippen LogP contribution in [0.3, 0.4) is 0 Å². The highest BCUT2D eigenvalue weighted by molar-refractivity contribution is 5.67. The first-order chi connectivity index (χ1) is 11.8. The van der Waals surface area contributed by atoms with Gasteiger partial charge in [0.2, 0.25) is 0 Å². The SMILES string of the molecule is CC(C)(C)OC(=O)NCCCCC(N)CNCCN(CCN)CCN. The zero-order valence-corrected chi connectivity index (χ0v) is 16.4. The van der Waals surface area contributed by atoms with E-state index in [1.54, 1.807) is 0 Å². The smallest absolute Gasteiger partial charge is 0.407 e. The number of alkyl carbamates (subject to hydrolysis) is 1. The Morgan fingerprint density at radius 2 is 1.72 bits per heavy atom. The number of hydrogen-bond acceptors (Lipinski definition) is 7. The number of rotatable bonds is 14. The Morgan fingerprint density at radius 3 is 2.28 bits per heavy atom. The molecule has 0 fully saturated rings. The fourth-order valence-electron chi connectivity index (χ4n) is 2.36. The van der Waals surface area contributed by atoms with E-state index in [1.165, 1.54) is 0 Å². The molecule has 0 aliphatic heterocycles. The standard InChI is InChI=1S/C17H40N6O2/c1-17(2,3)25-16(24)22-9-5-4-6-15(20)14-21-10-13-23(11-7-18)12-8-19/h15,21H,4-14,18-20H2,1-3H3,(H,22,24). The number of nitrogens with two attached hydrogens (primary N) is 3. The summed E-state index contributed by atoms with van der Waals surface area (Å²) >= 11 is 0. The molecule has 0 bridgehead atoms. The molecule has 1 atom stereocenters. The minimum atomic E-state index is -0.456. The number of nitrogens with one attached hydrogen (secondary N) is 2. The summed E-state index contributed by atoms with van der Waals surface area (Å²) in [6.45, 7) is 11.8. The average molecular weight is 361 g/mol. The van der Waals surface area contributed by atoms with Crippen molar-refractivity contribution in [2.24, 2.45) is 17.2 Å². The zero-order valence-electron chi connectivity index (χ0n) is 16.4. The fourth-order valence-corrected chi connectivity index (χ4v) is 2.36. The predicted octanol–water partition coefficient (Wildman–Crippen LogP) is -0.182. The molecule has 0 heterocycles. The number of unbranched alkanes of at least 4 members (excludes halogenated alkanes) is 1. The lowest BCUT2D eigenvalue weighted by molar-refractivity contribution is 0.0527. The Kier molecular flexibility index (Phi) is 13.7. The topological polar surface area (TPSA) is 132 Å². The van der Waals surface area contributed by atoms with E-state index in [9.17, 15) is 4.79 Å². The number of carbonyl (C=O) groups excluding carboxylic acids is 1. The molecule has 0 aromatic rings. The minimum Gasteiger partial charge on any atom is -0.444 e. The number of nitrogens with zero attached hydrogens (tertiary/aromatic N) is 1. The van der Waals surface area contributed by atoms with Gasteiger partial charge in [-0.2, -0.15) is 0 Å². The second kappa shape index (κ2) is 14.3. The predicted molar refractivity (Wildman–Crippen MR) is 103 cm³/mol. The van der Waals surface area contributed by atoms with E-state index < -0.39 is 5.60 Å². The third-order valence-corrected chi connectivity index (χ3v) is 3.57. The van der Waals surface area contributed by atoms with Gasteiger partial charge in [-0.1, -0.05) is 6.42 Å². The van der Waals surface area contributed by atoms with Gasteiger partial charge in [0.15, 0.2) is 0 Å². The van der Waals surface area contributed by atoms with Crippen LogP contribution in [-0.2, 0) is 4.74 Å². The molecular weight excluding hydrogens is 320 g/mol. The van der Waals surface area contributed by atoms with Crippen molar-refractivity contribution in [2.45, 2.75) is 51.7 Å². The molecule has 0 saturated carbocycles. The monoisotopic (exact) mass is 360 g/mol. The van der Waals surface area contributed by atoms with E-state index in [2.05, 4.69) is 15.5 Å². The zero-order chi connectivity index (χ0) is 19.1. The molecule has 0 saturated heterocycles. The van der Waals surface area contributed by atoms with Crippen molar-refractivity contribution in [2.75, 3.05) is 52.4 Å². The van der Waals surface area contributed by atoms with Gasteiger partial charge in [-0.15, -0.1) is 0 Å². The Labute approximate surface area is 153 Å². The van der Waals surface area contributed by atoms with Crippen molar-refractivity contribution < 1.29 is 9.53 Å². The molecule has 0 aromatic carbocycles. The summed E-state index contributed by atoms with van der Waals surface area (Å²) in [6, 6.07) is 0.124. The molecule has 1 unspecified atom stereocenters. The minimum absolute atomic E-state index is 0.124. The molecule has 1 amide bonds. The first-order valence-electron chi connectivity index (χ1n) is 9.34. The second-order valence-corrected chi connectivity index (χ2v) is 7.31. The Bertz CT molecular complexity index is 330. The quantitative estimate of drug-likeness (QED) is 0.271. The van der Waals surface area contributed by atoms with Gasteiger partial charge >= 0.3 is 6.09 Å². The van der Waals surface area contributed by atoms with E-state index in [0.717, 1.165) is 52.0 Å². The summed E-state index contributed by atoms with van der Waals surface area (Å²) in [5.41, 5.74) is 16.8. The van der Waals surface area contributed by atoms with Gasteiger partial charge < -0.3 is 32.6 Å². The van der Waals surface area contributed by atoms with E-state index in [4.69, 9.17) is 21.9 Å². The Morgan fingerprint density at radius 1 is 1.08 bits per heavy atom. The summed E-state index contributed by atoms with van der Waals surface area (Å²) in [4.78, 5) is 13.7. The summed E-state index contributed by atoms with van der Waals surface area (Å²) in [5, 5.41) is 6.14. The lowest BCUT2D eigenvalue weighted by Gasteiger charge is -2.21. The highest BCUT2D eigenvalue weighted by Gasteiger charge is 2.15. The highest BCUT2D eigenvalue weighted by atomic mass is 16.6. The summed E-state index contributed by atoms with van der Waals surface area (Å²) < 4.78 is 5.18. The fraction of sp³-hybridized carbons (Fsp3) is 0.941. The molecule has 25 heavy (non-hydrogen) atoms. The van der Waals surface area contributed by atoms with Crippen molar-refractivity contribution >= 4 is 6.09 Å². The maximum Gasteiger partial charge on any atom is 0.407 e. The van der Waals surface area contributed by atoms with Crippen molar-refractivity contribution in [1.82, 2.24) is 15.5 Å². The van der Waals surface area contributed by atoms with Crippen LogP contribution in [0, 0.1) is 0 Å². The molecule has 0 spiro atoms. The molecular formula is C17H40N6O2. The van der Waals surface area contributed by atoms with E-state index in [1.807, 2.05) is 20.8 Å². The molecule has 150 valence electrons. The Balaban J connectivity index is 3.58. The summed E-state index contributed by atoms with van der Waals surface area (Å²) in [6.07, 6.45) is 2.44. The maximum absolute atomic E-state index is 11.5. The van der Waals surface area contributed by atoms with Crippen molar-refractivity contribution in [3.63, 3.8) is 0 Å². The van der Waals surface area contributed by atoms with Crippen molar-refractivity contribution in [3.05, 3.63) is 0 Å². The second-order valence-electron chi connectivity index (χ2n) is 7.31. The van der Waals surface area contributed by atoms with E-state index >= 15 is 0 Å². The molecule has 0 aliphatic carbocycles. The van der Waals surface area contributed by atoms with Gasteiger partial charge in [0, 0.05) is 58.4 Å². The first kappa shape index (κ1) is 24.1. The van der Waals surface area contributed by atoms with Gasteiger partial charge in [-0.25, -0.2) is 4.79 Å². The number of amides is 1. The van der Waals surface area contributed by atoms with Gasteiger partial charge in [0.1, 0.15) is 5.60 Å². The maximum atomic E-state index is 11.5. The third-order valence-electron chi connectivity index (χ3n) is 3.57. The molecule has 0 aromatic heterocycles. The van der Waals surface area contributed by atoms with E-state index in [0.29, 0.717) is 19.6 Å². The van der Waals surface area contributed by atoms with Gasteiger partial charge in [-0.3, -0.25) is 4.90 Å². The van der Waals surface area contributed by atoms with Crippen LogP contribution in [0.25, 0.3) is 0 Å². The lowest BCUT2D eigenvalue weighted by Crippen LogP contribution is -2.41. The van der Waals surface area contributed by atoms with Gasteiger partial charge in [0.25, 0.3) is 0 Å². The highest BCUT2D eigenvalue weighted by Crippen LogP contribution is 2.06. The van der Waals surface area contributed by atoms with Crippen LogP contribution in [0.2, 0.25) is 0 Å². The molecule has 8 heteroatoms. The Hall–Kier alpha value is -0.930. The summed E-state index contributed by atoms with van der Waals surface area (Å²) in [7, 11) is 0. The van der Waals surface area contributed by atoms with Crippen LogP contribution in [0.15, 0.2) is 0 Å². The van der Waals surface area contributed by atoms with E-state index in [-0.39, 0.29) is 12.1 Å².